The summed E-state index contributed by atoms with van der Waals surface area (Å²) in [7, 11) is 0. The molecule has 0 atom stereocenters. The Hall–Kier alpha value is -3.13. The average Bonchev–Trinajstić information content (AvgIpc) is 2.72. The summed E-state index contributed by atoms with van der Waals surface area (Å²) < 4.78 is 5.34. The molecule has 29 heavy (non-hydrogen) atoms. The third-order valence-corrected chi connectivity index (χ3v) is 5.06. The van der Waals surface area contributed by atoms with Crippen LogP contribution in [0.5, 0.6) is 5.75 Å². The lowest BCUT2D eigenvalue weighted by Gasteiger charge is -2.36. The summed E-state index contributed by atoms with van der Waals surface area (Å²) in [6, 6.07) is 11.8. The number of carbonyl (C=O) groups excluding carboxylic acids is 1. The second-order valence-electron chi connectivity index (χ2n) is 6.98. The molecule has 3 rings (SSSR count). The van der Waals surface area contributed by atoms with Crippen molar-refractivity contribution in [1.82, 2.24) is 4.90 Å². The van der Waals surface area contributed by atoms with Crippen molar-refractivity contribution in [1.29, 1.82) is 0 Å². The lowest BCUT2D eigenvalue weighted by Crippen LogP contribution is -2.46. The van der Waals surface area contributed by atoms with E-state index in [2.05, 4.69) is 22.0 Å². The van der Waals surface area contributed by atoms with Crippen molar-refractivity contribution in [2.75, 3.05) is 49.5 Å². The summed E-state index contributed by atoms with van der Waals surface area (Å²) in [5.74, 6) is -0.294. The highest BCUT2D eigenvalue weighted by Gasteiger charge is 2.18. The number of anilines is 2. The van der Waals surface area contributed by atoms with Crippen LogP contribution in [0, 0.1) is 17.0 Å². The molecule has 1 heterocycles. The Labute approximate surface area is 170 Å². The number of hydrogen-bond donors (Lipinski definition) is 1. The maximum Gasteiger partial charge on any atom is 0.310 e. The van der Waals surface area contributed by atoms with Gasteiger partial charge in [-0.05, 0) is 43.3 Å². The number of nitro groups is 1. The minimum absolute atomic E-state index is 0.0744. The van der Waals surface area contributed by atoms with Gasteiger partial charge >= 0.3 is 5.69 Å². The smallest absolute Gasteiger partial charge is 0.310 e. The van der Waals surface area contributed by atoms with Crippen LogP contribution in [0.3, 0.4) is 0 Å². The van der Waals surface area contributed by atoms with E-state index in [-0.39, 0.29) is 24.0 Å². The number of benzene rings is 2. The van der Waals surface area contributed by atoms with E-state index in [0.29, 0.717) is 5.69 Å². The molecule has 2 aromatic rings. The summed E-state index contributed by atoms with van der Waals surface area (Å²) in [6.07, 6.45) is 0. The number of nitrogens with zero attached hydrogens (tertiary/aromatic N) is 3. The second kappa shape index (κ2) is 9.38. The van der Waals surface area contributed by atoms with Crippen LogP contribution in [0.1, 0.15) is 12.5 Å². The van der Waals surface area contributed by atoms with Gasteiger partial charge in [-0.3, -0.25) is 14.9 Å². The predicted octanol–water partition coefficient (Wildman–Crippen LogP) is 3.06. The van der Waals surface area contributed by atoms with Crippen LogP contribution >= 0.6 is 0 Å². The molecule has 1 aliphatic rings. The first-order chi connectivity index (χ1) is 14.0. The summed E-state index contributed by atoms with van der Waals surface area (Å²) in [5.41, 5.74) is 2.78. The van der Waals surface area contributed by atoms with Crippen LogP contribution < -0.4 is 15.0 Å². The van der Waals surface area contributed by atoms with E-state index in [1.807, 2.05) is 25.1 Å². The molecule has 1 fully saturated rings. The van der Waals surface area contributed by atoms with Crippen molar-refractivity contribution >= 4 is 23.0 Å². The van der Waals surface area contributed by atoms with E-state index in [4.69, 9.17) is 4.74 Å². The highest BCUT2D eigenvalue weighted by atomic mass is 16.6. The lowest BCUT2D eigenvalue weighted by atomic mass is 10.1. The molecule has 0 aromatic heterocycles. The topological polar surface area (TPSA) is 88.0 Å². The average molecular weight is 398 g/mol. The maximum atomic E-state index is 12.2. The number of carbonyl (C=O) groups is 1. The number of rotatable bonds is 7. The third kappa shape index (κ3) is 5.23. The van der Waals surface area contributed by atoms with Crippen LogP contribution in [0.15, 0.2) is 42.5 Å². The number of nitrogens with one attached hydrogen (secondary N) is 1. The van der Waals surface area contributed by atoms with Crippen LogP contribution in [0.25, 0.3) is 0 Å². The Kier molecular flexibility index (Phi) is 6.66. The van der Waals surface area contributed by atoms with Crippen molar-refractivity contribution in [3.8, 4) is 5.75 Å². The van der Waals surface area contributed by atoms with Gasteiger partial charge in [-0.1, -0.05) is 19.1 Å². The minimum atomic E-state index is -0.532. The van der Waals surface area contributed by atoms with Gasteiger partial charge in [0.25, 0.3) is 5.91 Å². The highest BCUT2D eigenvalue weighted by Crippen LogP contribution is 2.26. The number of piperazine rings is 1. The van der Waals surface area contributed by atoms with Gasteiger partial charge in [0, 0.05) is 43.6 Å². The van der Waals surface area contributed by atoms with Gasteiger partial charge in [-0.25, -0.2) is 0 Å². The Morgan fingerprint density at radius 3 is 2.55 bits per heavy atom. The minimum Gasteiger partial charge on any atom is -0.477 e. The summed E-state index contributed by atoms with van der Waals surface area (Å²) in [6.45, 7) is 9.07. The first-order valence-electron chi connectivity index (χ1n) is 9.72. The molecule has 1 N–H and O–H groups in total. The van der Waals surface area contributed by atoms with Crippen molar-refractivity contribution in [2.45, 2.75) is 13.8 Å². The second-order valence-corrected chi connectivity index (χ2v) is 6.98. The van der Waals surface area contributed by atoms with E-state index in [0.717, 1.165) is 38.3 Å². The van der Waals surface area contributed by atoms with Crippen molar-refractivity contribution in [3.05, 3.63) is 58.1 Å². The van der Waals surface area contributed by atoms with Gasteiger partial charge in [0.15, 0.2) is 12.4 Å². The quantitative estimate of drug-likeness (QED) is 0.570. The Bertz CT molecular complexity index is 879. The number of aryl methyl sites for hydroxylation is 1. The molecule has 0 spiro atoms. The summed E-state index contributed by atoms with van der Waals surface area (Å²) in [4.78, 5) is 27.5. The van der Waals surface area contributed by atoms with Crippen LogP contribution in [-0.2, 0) is 4.79 Å². The fourth-order valence-electron chi connectivity index (χ4n) is 3.46. The maximum absolute atomic E-state index is 12.2. The molecular weight excluding hydrogens is 372 g/mol. The molecule has 1 saturated heterocycles. The summed E-state index contributed by atoms with van der Waals surface area (Å²) >= 11 is 0. The lowest BCUT2D eigenvalue weighted by molar-refractivity contribution is -0.385. The molecule has 0 bridgehead atoms. The zero-order valence-corrected chi connectivity index (χ0v) is 16.8. The molecule has 2 aromatic carbocycles. The van der Waals surface area contributed by atoms with Gasteiger partial charge in [0.1, 0.15) is 0 Å². The van der Waals surface area contributed by atoms with Crippen LogP contribution in [0.2, 0.25) is 0 Å². The zero-order chi connectivity index (χ0) is 20.8. The van der Waals surface area contributed by atoms with Crippen LogP contribution in [0.4, 0.5) is 17.1 Å². The van der Waals surface area contributed by atoms with Gasteiger partial charge in [0.2, 0.25) is 0 Å². The van der Waals surface area contributed by atoms with Crippen molar-refractivity contribution in [3.63, 3.8) is 0 Å². The monoisotopic (exact) mass is 398 g/mol. The summed E-state index contributed by atoms with van der Waals surface area (Å²) in [5, 5.41) is 13.8. The highest BCUT2D eigenvalue weighted by molar-refractivity contribution is 5.92. The van der Waals surface area contributed by atoms with Crippen molar-refractivity contribution < 1.29 is 14.5 Å². The fourth-order valence-corrected chi connectivity index (χ4v) is 3.46. The number of hydrogen-bond acceptors (Lipinski definition) is 6. The number of nitro benzene ring substituents is 1. The molecule has 154 valence electrons. The number of amides is 1. The molecule has 8 nitrogen and oxygen atoms in total. The van der Waals surface area contributed by atoms with Crippen LogP contribution in [-0.4, -0.2) is 55.1 Å². The molecule has 0 unspecified atom stereocenters. The van der Waals surface area contributed by atoms with E-state index >= 15 is 0 Å². The fraction of sp³-hybridized carbons (Fsp3) is 0.381. The first kappa shape index (κ1) is 20.6. The van der Waals surface area contributed by atoms with Gasteiger partial charge < -0.3 is 19.9 Å². The molecular formula is C21H26N4O4. The number of para-hydroxylation sites is 2. The molecule has 1 amide bonds. The first-order valence-corrected chi connectivity index (χ1v) is 9.72. The molecule has 1 aliphatic heterocycles. The Morgan fingerprint density at radius 2 is 1.90 bits per heavy atom. The molecule has 0 radical (unpaired) electrons. The normalized spacial score (nSPS) is 14.5. The molecule has 8 heteroatoms. The number of likely N-dealkylation sites (N-methyl/N-ethyl adjacent to an activating group) is 1. The van der Waals surface area contributed by atoms with E-state index in [9.17, 15) is 14.9 Å². The SMILES string of the molecule is CCN1CCN(c2ccc(NC(=O)COc3ccccc3[N+](=O)[O-])cc2C)CC1. The Morgan fingerprint density at radius 1 is 1.17 bits per heavy atom. The molecule has 0 saturated carbocycles. The largest absolute Gasteiger partial charge is 0.477 e. The van der Waals surface area contributed by atoms with E-state index in [1.54, 1.807) is 12.1 Å². The third-order valence-electron chi connectivity index (χ3n) is 5.06. The van der Waals surface area contributed by atoms with Gasteiger partial charge in [-0.15, -0.1) is 0 Å². The zero-order valence-electron chi connectivity index (χ0n) is 16.8. The van der Waals surface area contributed by atoms with E-state index in [1.165, 1.54) is 17.8 Å². The number of ether oxygens (including phenoxy) is 1. The Balaban J connectivity index is 1.57. The standard InChI is InChI=1S/C21H26N4O4/c1-3-23-10-12-24(13-11-23)18-9-8-17(14-16(18)2)22-21(26)15-29-20-7-5-4-6-19(20)25(27)28/h4-9,14H,3,10-13,15H2,1-2H3,(H,22,26). The molecule has 0 aliphatic carbocycles. The van der Waals surface area contributed by atoms with Gasteiger partial charge in [0.05, 0.1) is 4.92 Å². The predicted molar refractivity (Wildman–Crippen MR) is 113 cm³/mol. The van der Waals surface area contributed by atoms with E-state index < -0.39 is 4.92 Å². The van der Waals surface area contributed by atoms with Gasteiger partial charge in [-0.2, -0.15) is 0 Å². The van der Waals surface area contributed by atoms with Crippen molar-refractivity contribution in [2.24, 2.45) is 0 Å².